The summed E-state index contributed by atoms with van der Waals surface area (Å²) in [6, 6.07) is 14.9. The van der Waals surface area contributed by atoms with Crippen LogP contribution in [0.3, 0.4) is 0 Å². The summed E-state index contributed by atoms with van der Waals surface area (Å²) in [6.45, 7) is 5.86. The van der Waals surface area contributed by atoms with Gasteiger partial charge in [0.05, 0.1) is 31.3 Å². The topological polar surface area (TPSA) is 115 Å². The zero-order valence-corrected chi connectivity index (χ0v) is 20.7. The number of nitrogens with zero attached hydrogens (tertiary/aromatic N) is 1. The summed E-state index contributed by atoms with van der Waals surface area (Å²) in [5, 5.41) is 5.86. The number of halogens is 1. The number of nitrogens with two attached hydrogens (primary N) is 1. The summed E-state index contributed by atoms with van der Waals surface area (Å²) in [5.41, 5.74) is 8.85. The Bertz CT molecular complexity index is 1270. The number of hydrogen-bond acceptors (Lipinski definition) is 5. The highest BCUT2D eigenvalue weighted by atomic mass is 35.5. The van der Waals surface area contributed by atoms with Gasteiger partial charge in [0, 0.05) is 10.7 Å². The third-order valence-electron chi connectivity index (χ3n) is 5.52. The molecule has 8 nitrogen and oxygen atoms in total. The first-order valence-corrected chi connectivity index (χ1v) is 11.6. The highest BCUT2D eigenvalue weighted by molar-refractivity contribution is 6.31. The highest BCUT2D eigenvalue weighted by Gasteiger charge is 2.21. The molecule has 0 saturated heterocycles. The Kier molecular flexibility index (Phi) is 8.54. The van der Waals surface area contributed by atoms with Crippen LogP contribution < -0.4 is 21.9 Å². The quantitative estimate of drug-likeness (QED) is 0.395. The van der Waals surface area contributed by atoms with Crippen molar-refractivity contribution in [1.29, 1.82) is 0 Å². The largest absolute Gasteiger partial charge is 0.466 e. The van der Waals surface area contributed by atoms with Crippen LogP contribution >= 0.6 is 11.6 Å². The van der Waals surface area contributed by atoms with Crippen LogP contribution in [0.25, 0.3) is 0 Å². The van der Waals surface area contributed by atoms with Gasteiger partial charge in [-0.1, -0.05) is 59.6 Å². The van der Waals surface area contributed by atoms with E-state index >= 15 is 0 Å². The van der Waals surface area contributed by atoms with E-state index in [0.717, 1.165) is 16.7 Å². The molecule has 1 atom stereocenters. The molecule has 0 aliphatic carbocycles. The average molecular weight is 497 g/mol. The van der Waals surface area contributed by atoms with Crippen LogP contribution in [-0.2, 0) is 16.1 Å². The number of carbonyl (C=O) groups is 2. The molecule has 0 unspecified atom stereocenters. The van der Waals surface area contributed by atoms with Crippen molar-refractivity contribution in [3.63, 3.8) is 0 Å². The number of esters is 1. The summed E-state index contributed by atoms with van der Waals surface area (Å²) in [6.07, 6.45) is -0.0650. The lowest BCUT2D eigenvalue weighted by molar-refractivity contribution is -0.143. The van der Waals surface area contributed by atoms with E-state index in [1.165, 1.54) is 4.57 Å². The monoisotopic (exact) mass is 496 g/mol. The fraction of sp³-hybridized carbons (Fsp3) is 0.269. The van der Waals surface area contributed by atoms with Gasteiger partial charge >= 0.3 is 12.0 Å². The van der Waals surface area contributed by atoms with Crippen molar-refractivity contribution >= 4 is 35.0 Å². The molecule has 0 fully saturated rings. The van der Waals surface area contributed by atoms with Crippen LogP contribution in [0.2, 0.25) is 5.02 Å². The Labute approximate surface area is 209 Å². The molecule has 4 N–H and O–H groups in total. The number of benzene rings is 2. The predicted octanol–water partition coefficient (Wildman–Crippen LogP) is 4.57. The van der Waals surface area contributed by atoms with Crippen molar-refractivity contribution in [2.24, 2.45) is 0 Å². The van der Waals surface area contributed by atoms with Crippen LogP contribution in [0, 0.1) is 13.8 Å². The molecule has 1 heterocycles. The molecule has 0 saturated carbocycles. The standard InChI is InChI=1S/C26H29ClN4O4/c1-4-35-23(32)14-22(18-11-9-16(2)10-12-18)29-26(34)30-24-21(28)13-17(3)31(25(24)33)15-19-7-5-6-8-20(19)27/h5-13,22H,4,14-15,28H2,1-3H3,(H2,29,30,34)/t22-/m0/s1. The van der Waals surface area contributed by atoms with Gasteiger partial charge in [-0.3, -0.25) is 9.59 Å². The molecule has 2 aromatic carbocycles. The van der Waals surface area contributed by atoms with E-state index in [9.17, 15) is 14.4 Å². The third kappa shape index (κ3) is 6.64. The maximum absolute atomic E-state index is 13.2. The second-order valence-corrected chi connectivity index (χ2v) is 8.58. The second-order valence-electron chi connectivity index (χ2n) is 8.17. The Morgan fingerprint density at radius 2 is 1.80 bits per heavy atom. The van der Waals surface area contributed by atoms with Crippen molar-refractivity contribution in [3.05, 3.63) is 92.4 Å². The van der Waals surface area contributed by atoms with E-state index in [1.54, 1.807) is 26.0 Å². The van der Waals surface area contributed by atoms with E-state index in [2.05, 4.69) is 10.6 Å². The van der Waals surface area contributed by atoms with E-state index in [0.29, 0.717) is 10.7 Å². The zero-order chi connectivity index (χ0) is 25.5. The van der Waals surface area contributed by atoms with Gasteiger partial charge in [0.1, 0.15) is 5.69 Å². The maximum atomic E-state index is 13.2. The molecule has 9 heteroatoms. The fourth-order valence-corrected chi connectivity index (χ4v) is 3.85. The van der Waals surface area contributed by atoms with Gasteiger partial charge in [0.2, 0.25) is 0 Å². The first-order valence-electron chi connectivity index (χ1n) is 11.2. The van der Waals surface area contributed by atoms with E-state index in [-0.39, 0.29) is 30.9 Å². The molecule has 35 heavy (non-hydrogen) atoms. The number of anilines is 2. The van der Waals surface area contributed by atoms with Crippen molar-refractivity contribution in [2.75, 3.05) is 17.7 Å². The number of hydrogen-bond donors (Lipinski definition) is 3. The lowest BCUT2D eigenvalue weighted by atomic mass is 10.0. The van der Waals surface area contributed by atoms with Crippen molar-refractivity contribution in [2.45, 2.75) is 39.8 Å². The lowest BCUT2D eigenvalue weighted by Gasteiger charge is -2.20. The van der Waals surface area contributed by atoms with E-state index in [4.69, 9.17) is 22.1 Å². The van der Waals surface area contributed by atoms with Crippen molar-refractivity contribution < 1.29 is 14.3 Å². The molecule has 0 radical (unpaired) electrons. The van der Waals surface area contributed by atoms with Crippen molar-refractivity contribution in [1.82, 2.24) is 9.88 Å². The number of carbonyl (C=O) groups excluding carboxylic acids is 2. The summed E-state index contributed by atoms with van der Waals surface area (Å²) in [4.78, 5) is 38.3. The summed E-state index contributed by atoms with van der Waals surface area (Å²) in [5.74, 6) is -0.449. The SMILES string of the molecule is CCOC(=O)C[C@H](NC(=O)Nc1c(N)cc(C)n(Cc2ccccc2Cl)c1=O)c1ccc(C)cc1. The van der Waals surface area contributed by atoms with Crippen molar-refractivity contribution in [3.8, 4) is 0 Å². The molecule has 0 aliphatic rings. The van der Waals surface area contributed by atoms with Crippen LogP contribution in [0.5, 0.6) is 0 Å². The van der Waals surface area contributed by atoms with E-state index < -0.39 is 23.6 Å². The molecule has 0 bridgehead atoms. The molecule has 1 aromatic heterocycles. The van der Waals surface area contributed by atoms with Crippen LogP contribution in [-0.4, -0.2) is 23.2 Å². The van der Waals surface area contributed by atoms with Crippen LogP contribution in [0.15, 0.2) is 59.4 Å². The highest BCUT2D eigenvalue weighted by Crippen LogP contribution is 2.21. The number of nitrogen functional groups attached to an aromatic ring is 1. The van der Waals surface area contributed by atoms with E-state index in [1.807, 2.05) is 49.4 Å². The van der Waals surface area contributed by atoms with Crippen LogP contribution in [0.1, 0.15) is 41.8 Å². The Hall–Kier alpha value is -3.78. The Morgan fingerprint density at radius 3 is 2.46 bits per heavy atom. The van der Waals surface area contributed by atoms with Gasteiger partial charge in [-0.25, -0.2) is 4.79 Å². The van der Waals surface area contributed by atoms with Gasteiger partial charge in [-0.15, -0.1) is 0 Å². The molecule has 0 aliphatic heterocycles. The molecular formula is C26H29ClN4O4. The number of rotatable bonds is 8. The normalized spacial score (nSPS) is 11.5. The Balaban J connectivity index is 1.85. The first-order chi connectivity index (χ1) is 16.7. The first kappa shape index (κ1) is 25.8. The minimum atomic E-state index is -0.670. The second kappa shape index (κ2) is 11.6. The van der Waals surface area contributed by atoms with Gasteiger partial charge in [-0.05, 0) is 44.0 Å². The van der Waals surface area contributed by atoms with Gasteiger partial charge in [0.25, 0.3) is 5.56 Å². The third-order valence-corrected chi connectivity index (χ3v) is 5.89. The maximum Gasteiger partial charge on any atom is 0.319 e. The smallest absolute Gasteiger partial charge is 0.319 e. The molecule has 0 spiro atoms. The summed E-state index contributed by atoms with van der Waals surface area (Å²) >= 11 is 6.27. The number of nitrogens with one attached hydrogen (secondary N) is 2. The number of urea groups is 1. The molecule has 2 amide bonds. The number of ether oxygens (including phenoxy) is 1. The number of pyridine rings is 1. The molecular weight excluding hydrogens is 468 g/mol. The molecule has 184 valence electrons. The minimum absolute atomic E-state index is 0.0565. The average Bonchev–Trinajstić information content (AvgIpc) is 2.81. The number of aromatic nitrogens is 1. The lowest BCUT2D eigenvalue weighted by Crippen LogP contribution is -2.37. The number of amides is 2. The summed E-state index contributed by atoms with van der Waals surface area (Å²) < 4.78 is 6.55. The van der Waals surface area contributed by atoms with Gasteiger partial charge < -0.3 is 25.7 Å². The van der Waals surface area contributed by atoms with Crippen LogP contribution in [0.4, 0.5) is 16.2 Å². The van der Waals surface area contributed by atoms with Gasteiger partial charge in [0.15, 0.2) is 0 Å². The minimum Gasteiger partial charge on any atom is -0.466 e. The summed E-state index contributed by atoms with van der Waals surface area (Å²) in [7, 11) is 0. The molecule has 3 rings (SSSR count). The zero-order valence-electron chi connectivity index (χ0n) is 19.9. The fourth-order valence-electron chi connectivity index (χ4n) is 3.66. The predicted molar refractivity (Wildman–Crippen MR) is 138 cm³/mol. The number of aryl methyl sites for hydroxylation is 2. The Morgan fingerprint density at radius 1 is 1.11 bits per heavy atom. The molecule has 3 aromatic rings. The van der Waals surface area contributed by atoms with Gasteiger partial charge in [-0.2, -0.15) is 0 Å².